The Balaban J connectivity index is 1.77. The summed E-state index contributed by atoms with van der Waals surface area (Å²) in [6.07, 6.45) is 3.66. The highest BCUT2D eigenvalue weighted by Gasteiger charge is 2.22. The van der Waals surface area contributed by atoms with Crippen LogP contribution in [0.1, 0.15) is 29.9 Å². The lowest BCUT2D eigenvalue weighted by atomic mass is 9.92. The van der Waals surface area contributed by atoms with Gasteiger partial charge in [-0.3, -0.25) is 0 Å². The van der Waals surface area contributed by atoms with Crippen LogP contribution in [0.15, 0.2) is 53.0 Å². The molecular weight excluding hydrogens is 346 g/mol. The highest BCUT2D eigenvalue weighted by atomic mass is 79.9. The van der Waals surface area contributed by atoms with Gasteiger partial charge in [-0.15, -0.1) is 0 Å². The maximum Gasteiger partial charge on any atom is 0.0408 e. The number of nitrogens with one attached hydrogen (secondary N) is 1. The molecule has 0 amide bonds. The fraction of sp³-hybridized carbons (Fsp3) is 0.333. The summed E-state index contributed by atoms with van der Waals surface area (Å²) in [7, 11) is 0. The lowest BCUT2D eigenvalue weighted by Gasteiger charge is -2.19. The molecule has 0 spiro atoms. The molecule has 1 aliphatic rings. The van der Waals surface area contributed by atoms with Crippen molar-refractivity contribution in [3.8, 4) is 0 Å². The standard InChI is InChI=1S/C18H19BrClN/c19-16-5-1-3-13(10-16)9-15(12-21-18-7-8-18)14-4-2-6-17(20)11-14/h1-6,10-11,15,18,21H,7-9,12H2. The molecule has 1 fully saturated rings. The van der Waals surface area contributed by atoms with Gasteiger partial charge >= 0.3 is 0 Å². The zero-order chi connectivity index (χ0) is 14.7. The van der Waals surface area contributed by atoms with E-state index in [0.717, 1.165) is 28.5 Å². The zero-order valence-electron chi connectivity index (χ0n) is 11.9. The van der Waals surface area contributed by atoms with Crippen molar-refractivity contribution < 1.29 is 0 Å². The first-order valence-electron chi connectivity index (χ1n) is 7.44. The van der Waals surface area contributed by atoms with Crippen LogP contribution < -0.4 is 5.32 Å². The van der Waals surface area contributed by atoms with E-state index in [-0.39, 0.29) is 0 Å². The van der Waals surface area contributed by atoms with Crippen molar-refractivity contribution in [3.63, 3.8) is 0 Å². The number of hydrogen-bond acceptors (Lipinski definition) is 1. The summed E-state index contributed by atoms with van der Waals surface area (Å²) in [6.45, 7) is 1.01. The summed E-state index contributed by atoms with van der Waals surface area (Å²) in [4.78, 5) is 0. The third kappa shape index (κ3) is 4.57. The Hall–Kier alpha value is -0.830. The van der Waals surface area contributed by atoms with Crippen molar-refractivity contribution in [2.24, 2.45) is 0 Å². The van der Waals surface area contributed by atoms with E-state index in [9.17, 15) is 0 Å². The molecule has 0 saturated heterocycles. The van der Waals surface area contributed by atoms with E-state index in [4.69, 9.17) is 11.6 Å². The van der Waals surface area contributed by atoms with Gasteiger partial charge in [-0.25, -0.2) is 0 Å². The molecule has 3 rings (SSSR count). The fourth-order valence-electron chi connectivity index (χ4n) is 2.61. The van der Waals surface area contributed by atoms with Crippen molar-refractivity contribution in [1.82, 2.24) is 5.32 Å². The van der Waals surface area contributed by atoms with Gasteiger partial charge in [0.25, 0.3) is 0 Å². The number of halogens is 2. The summed E-state index contributed by atoms with van der Waals surface area (Å²) < 4.78 is 1.14. The molecule has 0 bridgehead atoms. The van der Waals surface area contributed by atoms with Gasteiger partial charge < -0.3 is 5.32 Å². The molecule has 1 aliphatic carbocycles. The maximum atomic E-state index is 6.16. The summed E-state index contributed by atoms with van der Waals surface area (Å²) in [5.74, 6) is 0.457. The van der Waals surface area contributed by atoms with Gasteiger partial charge in [-0.1, -0.05) is 51.8 Å². The van der Waals surface area contributed by atoms with Crippen LogP contribution in [0.4, 0.5) is 0 Å². The average Bonchev–Trinajstić information content (AvgIpc) is 3.27. The summed E-state index contributed by atoms with van der Waals surface area (Å²) in [6, 6.07) is 17.6. The average molecular weight is 365 g/mol. The molecule has 0 aliphatic heterocycles. The minimum absolute atomic E-state index is 0.457. The molecule has 2 aromatic rings. The molecule has 0 radical (unpaired) electrons. The molecule has 3 heteroatoms. The summed E-state index contributed by atoms with van der Waals surface area (Å²) >= 11 is 9.72. The van der Waals surface area contributed by atoms with Crippen LogP contribution in [-0.2, 0) is 6.42 Å². The highest BCUT2D eigenvalue weighted by Crippen LogP contribution is 2.26. The second kappa shape index (κ2) is 6.95. The van der Waals surface area contributed by atoms with Gasteiger partial charge in [0.1, 0.15) is 0 Å². The Labute approximate surface area is 139 Å². The van der Waals surface area contributed by atoms with Gasteiger partial charge in [-0.2, -0.15) is 0 Å². The van der Waals surface area contributed by atoms with E-state index in [0.29, 0.717) is 5.92 Å². The fourth-order valence-corrected chi connectivity index (χ4v) is 3.26. The van der Waals surface area contributed by atoms with Crippen LogP contribution in [0.3, 0.4) is 0 Å². The van der Waals surface area contributed by atoms with Crippen molar-refractivity contribution >= 4 is 27.5 Å². The first-order chi connectivity index (χ1) is 10.2. The van der Waals surface area contributed by atoms with E-state index < -0.39 is 0 Å². The molecule has 0 heterocycles. The second-order valence-electron chi connectivity index (χ2n) is 5.77. The number of benzene rings is 2. The molecular formula is C18H19BrClN. The third-order valence-corrected chi connectivity index (χ3v) is 4.65. The second-order valence-corrected chi connectivity index (χ2v) is 7.12. The van der Waals surface area contributed by atoms with E-state index in [1.807, 2.05) is 12.1 Å². The zero-order valence-corrected chi connectivity index (χ0v) is 14.2. The molecule has 110 valence electrons. The van der Waals surface area contributed by atoms with Crippen LogP contribution in [0, 0.1) is 0 Å². The largest absolute Gasteiger partial charge is 0.313 e. The first kappa shape index (κ1) is 15.1. The molecule has 1 N–H and O–H groups in total. The van der Waals surface area contributed by atoms with Gasteiger partial charge in [0.05, 0.1) is 0 Å². The lowest BCUT2D eigenvalue weighted by Crippen LogP contribution is -2.24. The van der Waals surface area contributed by atoms with E-state index in [1.165, 1.54) is 24.0 Å². The minimum atomic E-state index is 0.457. The van der Waals surface area contributed by atoms with Crippen molar-refractivity contribution in [2.75, 3.05) is 6.54 Å². The quantitative estimate of drug-likeness (QED) is 0.744. The van der Waals surface area contributed by atoms with Gasteiger partial charge in [0.2, 0.25) is 0 Å². The Morgan fingerprint density at radius 2 is 1.95 bits per heavy atom. The Kier molecular flexibility index (Phi) is 4.99. The van der Waals surface area contributed by atoms with Crippen molar-refractivity contribution in [3.05, 3.63) is 69.2 Å². The maximum absolute atomic E-state index is 6.16. The third-order valence-electron chi connectivity index (χ3n) is 3.92. The number of rotatable bonds is 6. The summed E-state index contributed by atoms with van der Waals surface area (Å²) in [5, 5.41) is 4.47. The molecule has 1 saturated carbocycles. The van der Waals surface area contributed by atoms with Crippen LogP contribution in [0.5, 0.6) is 0 Å². The van der Waals surface area contributed by atoms with E-state index in [2.05, 4.69) is 57.6 Å². The molecule has 1 atom stereocenters. The molecule has 2 aromatic carbocycles. The van der Waals surface area contributed by atoms with E-state index >= 15 is 0 Å². The van der Waals surface area contributed by atoms with E-state index in [1.54, 1.807) is 0 Å². The Morgan fingerprint density at radius 3 is 2.67 bits per heavy atom. The predicted octanol–water partition coefficient (Wildman–Crippen LogP) is 5.18. The topological polar surface area (TPSA) is 12.0 Å². The predicted molar refractivity (Wildman–Crippen MR) is 93.1 cm³/mol. The smallest absolute Gasteiger partial charge is 0.0408 e. The van der Waals surface area contributed by atoms with Crippen LogP contribution in [-0.4, -0.2) is 12.6 Å². The number of hydrogen-bond donors (Lipinski definition) is 1. The lowest BCUT2D eigenvalue weighted by molar-refractivity contribution is 0.577. The Morgan fingerprint density at radius 1 is 1.14 bits per heavy atom. The van der Waals surface area contributed by atoms with Crippen LogP contribution in [0.2, 0.25) is 5.02 Å². The molecule has 1 nitrogen and oxygen atoms in total. The minimum Gasteiger partial charge on any atom is -0.313 e. The Bertz CT molecular complexity index is 610. The van der Waals surface area contributed by atoms with Crippen molar-refractivity contribution in [1.29, 1.82) is 0 Å². The van der Waals surface area contributed by atoms with Crippen LogP contribution >= 0.6 is 27.5 Å². The van der Waals surface area contributed by atoms with Gasteiger partial charge in [0, 0.05) is 28.0 Å². The molecule has 1 unspecified atom stereocenters. The molecule has 0 aromatic heterocycles. The highest BCUT2D eigenvalue weighted by molar-refractivity contribution is 9.10. The van der Waals surface area contributed by atoms with Crippen molar-refractivity contribution in [2.45, 2.75) is 31.2 Å². The van der Waals surface area contributed by atoms with Gasteiger partial charge in [0.15, 0.2) is 0 Å². The van der Waals surface area contributed by atoms with Crippen LogP contribution in [0.25, 0.3) is 0 Å². The monoisotopic (exact) mass is 363 g/mol. The van der Waals surface area contributed by atoms with Gasteiger partial charge in [-0.05, 0) is 54.7 Å². The first-order valence-corrected chi connectivity index (χ1v) is 8.61. The summed E-state index contributed by atoms with van der Waals surface area (Å²) in [5.41, 5.74) is 2.67. The SMILES string of the molecule is Clc1cccc(C(CNC2CC2)Cc2cccc(Br)c2)c1. The molecule has 21 heavy (non-hydrogen) atoms. The normalized spacial score (nSPS) is 15.9.